The lowest BCUT2D eigenvalue weighted by Gasteiger charge is -2.38. The van der Waals surface area contributed by atoms with Gasteiger partial charge in [0, 0.05) is 44.3 Å². The zero-order chi connectivity index (χ0) is 20.2. The number of carbonyl (C=O) groups is 1. The van der Waals surface area contributed by atoms with Crippen molar-refractivity contribution in [1.29, 1.82) is 0 Å². The molecule has 0 atom stereocenters. The van der Waals surface area contributed by atoms with Crippen LogP contribution in [0.1, 0.15) is 35.7 Å². The molecule has 4 rings (SSSR count). The lowest BCUT2D eigenvalue weighted by molar-refractivity contribution is 0.102. The van der Waals surface area contributed by atoms with Gasteiger partial charge in [-0.1, -0.05) is 31.7 Å². The summed E-state index contributed by atoms with van der Waals surface area (Å²) >= 11 is 1.86. The van der Waals surface area contributed by atoms with Gasteiger partial charge in [0.15, 0.2) is 5.17 Å². The van der Waals surface area contributed by atoms with Crippen LogP contribution >= 0.6 is 11.8 Å². The number of amidine groups is 1. The summed E-state index contributed by atoms with van der Waals surface area (Å²) in [6.45, 7) is 9.05. The molecule has 1 fully saturated rings. The summed E-state index contributed by atoms with van der Waals surface area (Å²) in [4.78, 5) is 26.1. The topological polar surface area (TPSA) is 60.8 Å². The third-order valence-electron chi connectivity index (χ3n) is 5.32. The number of piperazine rings is 1. The highest BCUT2D eigenvalue weighted by atomic mass is 32.2. The summed E-state index contributed by atoms with van der Waals surface area (Å²) in [6.07, 6.45) is 3.27. The fourth-order valence-corrected chi connectivity index (χ4v) is 4.53. The molecule has 3 heterocycles. The van der Waals surface area contributed by atoms with Crippen LogP contribution in [0.3, 0.4) is 0 Å². The molecule has 0 radical (unpaired) electrons. The molecule has 152 valence electrons. The number of amides is 1. The summed E-state index contributed by atoms with van der Waals surface area (Å²) in [5.74, 6) is 1.39. The predicted molar refractivity (Wildman–Crippen MR) is 121 cm³/mol. The number of aromatic nitrogens is 1. The van der Waals surface area contributed by atoms with Crippen molar-refractivity contribution in [3.8, 4) is 0 Å². The fraction of sp³-hybridized carbons (Fsp3) is 0.409. The number of hydrogen-bond donors (Lipinski definition) is 1. The van der Waals surface area contributed by atoms with E-state index in [1.165, 1.54) is 10.7 Å². The van der Waals surface area contributed by atoms with Crippen LogP contribution in [0.25, 0.3) is 0 Å². The number of carbonyl (C=O) groups excluding carboxylic acids is 1. The van der Waals surface area contributed by atoms with Crippen molar-refractivity contribution in [3.63, 3.8) is 0 Å². The van der Waals surface area contributed by atoms with E-state index in [0.717, 1.165) is 49.9 Å². The van der Waals surface area contributed by atoms with Crippen molar-refractivity contribution in [2.24, 2.45) is 4.99 Å². The second-order valence-electron chi connectivity index (χ2n) is 7.61. The number of nitrogens with zero attached hydrogens (tertiary/aromatic N) is 4. The van der Waals surface area contributed by atoms with Crippen LogP contribution in [-0.4, -0.2) is 59.4 Å². The van der Waals surface area contributed by atoms with Crippen LogP contribution in [0, 0.1) is 0 Å². The van der Waals surface area contributed by atoms with Gasteiger partial charge < -0.3 is 15.1 Å². The van der Waals surface area contributed by atoms with E-state index >= 15 is 0 Å². The monoisotopic (exact) mass is 409 g/mol. The Morgan fingerprint density at radius 1 is 1.14 bits per heavy atom. The lowest BCUT2D eigenvalue weighted by atomic mass is 10.0. The maximum atomic E-state index is 12.7. The summed E-state index contributed by atoms with van der Waals surface area (Å²) in [7, 11) is 0. The second kappa shape index (κ2) is 8.86. The van der Waals surface area contributed by atoms with Gasteiger partial charge in [0.2, 0.25) is 0 Å². The minimum Gasteiger partial charge on any atom is -0.366 e. The maximum Gasteiger partial charge on any atom is 0.257 e. The van der Waals surface area contributed by atoms with Crippen molar-refractivity contribution < 1.29 is 4.79 Å². The number of thioether (sulfide) groups is 1. The summed E-state index contributed by atoms with van der Waals surface area (Å²) < 4.78 is 0. The minimum absolute atomic E-state index is 0.132. The Balaban J connectivity index is 1.54. The average molecular weight is 410 g/mol. The first kappa shape index (κ1) is 19.8. The summed E-state index contributed by atoms with van der Waals surface area (Å²) in [6, 6.07) is 9.92. The molecule has 0 bridgehead atoms. The van der Waals surface area contributed by atoms with E-state index in [1.54, 1.807) is 24.5 Å². The van der Waals surface area contributed by atoms with Crippen LogP contribution in [0.5, 0.6) is 0 Å². The molecule has 0 saturated carbocycles. The van der Waals surface area contributed by atoms with Gasteiger partial charge in [-0.15, -0.1) is 0 Å². The summed E-state index contributed by atoms with van der Waals surface area (Å²) in [5, 5.41) is 4.28. The summed E-state index contributed by atoms with van der Waals surface area (Å²) in [5.41, 5.74) is 3.78. The third-order valence-corrected chi connectivity index (χ3v) is 6.35. The molecule has 7 heteroatoms. The highest BCUT2D eigenvalue weighted by molar-refractivity contribution is 8.14. The maximum absolute atomic E-state index is 12.7. The Morgan fingerprint density at radius 2 is 1.93 bits per heavy atom. The van der Waals surface area contributed by atoms with Crippen LogP contribution in [-0.2, 0) is 0 Å². The average Bonchev–Trinajstić information content (AvgIpc) is 3.29. The quantitative estimate of drug-likeness (QED) is 0.835. The largest absolute Gasteiger partial charge is 0.366 e. The zero-order valence-electron chi connectivity index (χ0n) is 17.0. The normalized spacial score (nSPS) is 16.9. The number of aliphatic imine (C=N–C) groups is 1. The van der Waals surface area contributed by atoms with Crippen molar-refractivity contribution in [2.45, 2.75) is 19.8 Å². The molecular weight excluding hydrogens is 382 g/mol. The standard InChI is InChI=1S/C22H27N5OS/c1-16(2)17-5-6-19(25-21(28)18-4-3-7-23-15-18)20(14-17)26-9-11-27(12-10-26)22-24-8-13-29-22/h3-7,14-16H,8-13H2,1-2H3,(H,25,28). The number of hydrogen-bond acceptors (Lipinski definition) is 6. The first-order chi connectivity index (χ1) is 14.1. The van der Waals surface area contributed by atoms with Crippen molar-refractivity contribution >= 4 is 34.2 Å². The molecule has 2 aliphatic heterocycles. The Bertz CT molecular complexity index is 891. The van der Waals surface area contributed by atoms with Crippen molar-refractivity contribution in [1.82, 2.24) is 9.88 Å². The van der Waals surface area contributed by atoms with Crippen molar-refractivity contribution in [3.05, 3.63) is 53.9 Å². The first-order valence-corrected chi connectivity index (χ1v) is 11.1. The molecule has 1 N–H and O–H groups in total. The van der Waals surface area contributed by atoms with Gasteiger partial charge in [-0.05, 0) is 35.7 Å². The van der Waals surface area contributed by atoms with Gasteiger partial charge in [-0.25, -0.2) is 0 Å². The molecule has 6 nitrogen and oxygen atoms in total. The van der Waals surface area contributed by atoms with Gasteiger partial charge in [0.1, 0.15) is 0 Å². The number of benzene rings is 1. The van der Waals surface area contributed by atoms with Gasteiger partial charge in [-0.2, -0.15) is 0 Å². The molecule has 2 aromatic rings. The van der Waals surface area contributed by atoms with E-state index in [1.807, 2.05) is 17.8 Å². The fourth-order valence-electron chi connectivity index (χ4n) is 3.62. The Labute approximate surface area is 176 Å². The molecule has 0 aliphatic carbocycles. The molecule has 1 amide bonds. The van der Waals surface area contributed by atoms with E-state index in [2.05, 4.69) is 51.1 Å². The molecule has 1 saturated heterocycles. The number of rotatable bonds is 4. The van der Waals surface area contributed by atoms with Gasteiger partial charge >= 0.3 is 0 Å². The van der Waals surface area contributed by atoms with Gasteiger partial charge in [-0.3, -0.25) is 14.8 Å². The molecule has 0 unspecified atom stereocenters. The highest BCUT2D eigenvalue weighted by Gasteiger charge is 2.24. The Morgan fingerprint density at radius 3 is 2.59 bits per heavy atom. The number of nitrogens with one attached hydrogen (secondary N) is 1. The molecule has 1 aromatic carbocycles. The SMILES string of the molecule is CC(C)c1ccc(NC(=O)c2cccnc2)c(N2CCN(C3=NCCS3)CC2)c1. The van der Waals surface area contributed by atoms with E-state index in [4.69, 9.17) is 0 Å². The smallest absolute Gasteiger partial charge is 0.257 e. The van der Waals surface area contributed by atoms with Crippen LogP contribution in [0.2, 0.25) is 0 Å². The lowest BCUT2D eigenvalue weighted by Crippen LogP contribution is -2.48. The molecule has 1 aromatic heterocycles. The highest BCUT2D eigenvalue weighted by Crippen LogP contribution is 2.32. The van der Waals surface area contributed by atoms with Crippen LogP contribution in [0.4, 0.5) is 11.4 Å². The third kappa shape index (κ3) is 4.56. The molecular formula is C22H27N5OS. The molecule has 2 aliphatic rings. The van der Waals surface area contributed by atoms with Crippen LogP contribution in [0.15, 0.2) is 47.7 Å². The van der Waals surface area contributed by atoms with E-state index in [9.17, 15) is 4.79 Å². The van der Waals surface area contributed by atoms with E-state index in [-0.39, 0.29) is 5.91 Å². The molecule has 29 heavy (non-hydrogen) atoms. The van der Waals surface area contributed by atoms with Gasteiger partial charge in [0.05, 0.1) is 23.5 Å². The minimum atomic E-state index is -0.132. The Kier molecular flexibility index (Phi) is 6.04. The number of anilines is 2. The predicted octanol–water partition coefficient (Wildman–Crippen LogP) is 3.68. The second-order valence-corrected chi connectivity index (χ2v) is 8.68. The van der Waals surface area contributed by atoms with E-state index in [0.29, 0.717) is 11.5 Å². The zero-order valence-corrected chi connectivity index (χ0v) is 17.8. The van der Waals surface area contributed by atoms with Gasteiger partial charge in [0.25, 0.3) is 5.91 Å². The Hall–Kier alpha value is -2.54. The number of pyridine rings is 1. The van der Waals surface area contributed by atoms with Crippen LogP contribution < -0.4 is 10.2 Å². The van der Waals surface area contributed by atoms with Crippen molar-refractivity contribution in [2.75, 3.05) is 48.7 Å². The molecule has 0 spiro atoms. The first-order valence-electron chi connectivity index (χ1n) is 10.1. The van der Waals surface area contributed by atoms with E-state index < -0.39 is 0 Å².